The lowest BCUT2D eigenvalue weighted by atomic mass is 10.4. The normalized spacial score (nSPS) is 16.8. The molecule has 0 amide bonds. The zero-order valence-electron chi connectivity index (χ0n) is 9.52. The van der Waals surface area contributed by atoms with Crippen LogP contribution in [-0.2, 0) is 10.0 Å². The lowest BCUT2D eigenvalue weighted by Gasteiger charge is -2.31. The maximum absolute atomic E-state index is 13.5. The van der Waals surface area contributed by atoms with Gasteiger partial charge in [0, 0.05) is 7.05 Å². The van der Waals surface area contributed by atoms with Crippen molar-refractivity contribution in [1.82, 2.24) is 9.21 Å². The predicted octanol–water partition coefficient (Wildman–Crippen LogP) is 2.74. The zero-order chi connectivity index (χ0) is 14.4. The molecule has 1 aromatic heterocycles. The van der Waals surface area contributed by atoms with E-state index in [4.69, 9.17) is 28.6 Å². The molecule has 2 rings (SSSR count). The Morgan fingerprint density at radius 2 is 2.11 bits per heavy atom. The van der Waals surface area contributed by atoms with Crippen molar-refractivity contribution in [2.45, 2.75) is 4.90 Å². The average Bonchev–Trinajstić information content (AvgIpc) is 2.65. The van der Waals surface area contributed by atoms with Crippen molar-refractivity contribution in [3.63, 3.8) is 0 Å². The molecule has 2 heterocycles. The van der Waals surface area contributed by atoms with Gasteiger partial charge in [0.15, 0.2) is 11.7 Å². The van der Waals surface area contributed by atoms with E-state index < -0.39 is 15.9 Å². The van der Waals surface area contributed by atoms with Crippen molar-refractivity contribution in [3.05, 3.63) is 26.8 Å². The van der Waals surface area contributed by atoms with Crippen molar-refractivity contribution in [2.75, 3.05) is 13.7 Å². The van der Waals surface area contributed by atoms with Gasteiger partial charge < -0.3 is 4.90 Å². The van der Waals surface area contributed by atoms with Crippen molar-refractivity contribution in [3.8, 4) is 0 Å². The maximum Gasteiger partial charge on any atom is 0.267 e. The third kappa shape index (κ3) is 2.58. The van der Waals surface area contributed by atoms with Gasteiger partial charge in [0.25, 0.3) is 10.0 Å². The molecule has 0 saturated heterocycles. The van der Waals surface area contributed by atoms with E-state index in [-0.39, 0.29) is 26.1 Å². The van der Waals surface area contributed by atoms with Gasteiger partial charge in [-0.25, -0.2) is 12.8 Å². The Hall–Kier alpha value is -0.830. The van der Waals surface area contributed by atoms with Crippen LogP contribution in [0, 0.1) is 5.41 Å². The largest absolute Gasteiger partial charge is 0.339 e. The van der Waals surface area contributed by atoms with Crippen LogP contribution < -0.4 is 0 Å². The number of likely N-dealkylation sites (N-methyl/N-ethyl adjacent to an activating group) is 1. The smallest absolute Gasteiger partial charge is 0.267 e. The fourth-order valence-electron chi connectivity index (χ4n) is 1.46. The molecule has 0 atom stereocenters. The summed E-state index contributed by atoms with van der Waals surface area (Å²) in [5.41, 5.74) is 0. The summed E-state index contributed by atoms with van der Waals surface area (Å²) in [5.74, 6) is -1.31. The van der Waals surface area contributed by atoms with Crippen molar-refractivity contribution >= 4 is 50.4 Å². The molecule has 0 aliphatic carbocycles. The summed E-state index contributed by atoms with van der Waals surface area (Å²) in [6.45, 7) is -0.168. The second-order valence-corrected chi connectivity index (χ2v) is 7.89. The number of amidine groups is 1. The van der Waals surface area contributed by atoms with Crippen LogP contribution in [0.25, 0.3) is 0 Å². The quantitative estimate of drug-likeness (QED) is 0.897. The number of thiophene rings is 1. The second kappa shape index (κ2) is 4.93. The molecule has 104 valence electrons. The van der Waals surface area contributed by atoms with E-state index >= 15 is 0 Å². The number of hydrogen-bond donors (Lipinski definition) is 1. The van der Waals surface area contributed by atoms with Crippen LogP contribution in [0.2, 0.25) is 8.67 Å². The topological polar surface area (TPSA) is 64.5 Å². The number of hydrogen-bond acceptors (Lipinski definition) is 4. The molecule has 0 spiro atoms. The minimum Gasteiger partial charge on any atom is -0.339 e. The van der Waals surface area contributed by atoms with E-state index in [0.29, 0.717) is 0 Å². The fraction of sp³-hybridized carbons (Fsp3) is 0.222. The summed E-state index contributed by atoms with van der Waals surface area (Å²) < 4.78 is 39.1. The Morgan fingerprint density at radius 3 is 2.58 bits per heavy atom. The second-order valence-electron chi connectivity index (χ2n) is 3.75. The molecule has 0 saturated carbocycles. The Labute approximate surface area is 123 Å². The van der Waals surface area contributed by atoms with Gasteiger partial charge in [-0.15, -0.1) is 11.3 Å². The van der Waals surface area contributed by atoms with Crippen LogP contribution in [-0.4, -0.2) is 37.2 Å². The van der Waals surface area contributed by atoms with Crippen LogP contribution in [0.15, 0.2) is 23.0 Å². The number of sulfonamides is 1. The number of nitrogens with one attached hydrogen (secondary N) is 1. The Bertz CT molecular complexity index is 671. The Kier molecular flexibility index (Phi) is 3.78. The van der Waals surface area contributed by atoms with E-state index in [9.17, 15) is 12.8 Å². The number of nitrogens with zero attached hydrogens (tertiary/aromatic N) is 2. The fourth-order valence-corrected chi connectivity index (χ4v) is 4.89. The zero-order valence-corrected chi connectivity index (χ0v) is 12.7. The molecule has 1 aromatic rings. The lowest BCUT2D eigenvalue weighted by molar-refractivity contribution is 0.340. The van der Waals surface area contributed by atoms with Gasteiger partial charge in [0.2, 0.25) is 0 Å². The minimum absolute atomic E-state index is 0.0158. The summed E-state index contributed by atoms with van der Waals surface area (Å²) in [6, 6.07) is 1.22. The van der Waals surface area contributed by atoms with Gasteiger partial charge in [0.05, 0.1) is 10.5 Å². The van der Waals surface area contributed by atoms with Crippen molar-refractivity contribution in [2.24, 2.45) is 0 Å². The highest BCUT2D eigenvalue weighted by molar-refractivity contribution is 7.89. The first-order valence-corrected chi connectivity index (χ1v) is 7.89. The summed E-state index contributed by atoms with van der Waals surface area (Å²) >= 11 is 12.4. The monoisotopic (exact) mass is 343 g/mol. The maximum atomic E-state index is 13.5. The van der Waals surface area contributed by atoms with Crippen molar-refractivity contribution < 1.29 is 12.8 Å². The van der Waals surface area contributed by atoms with E-state index in [0.717, 1.165) is 26.7 Å². The highest BCUT2D eigenvalue weighted by Crippen LogP contribution is 2.36. The molecule has 1 N–H and O–H groups in total. The van der Waals surface area contributed by atoms with Crippen LogP contribution in [0.5, 0.6) is 0 Å². The molecule has 0 bridgehead atoms. The summed E-state index contributed by atoms with van der Waals surface area (Å²) in [5, 5.41) is 7.36. The molecule has 0 unspecified atom stereocenters. The highest BCUT2D eigenvalue weighted by atomic mass is 35.5. The van der Waals surface area contributed by atoms with E-state index in [1.807, 2.05) is 0 Å². The molecule has 10 heteroatoms. The molecule has 19 heavy (non-hydrogen) atoms. The molecule has 0 fully saturated rings. The first-order chi connectivity index (χ1) is 8.73. The first kappa shape index (κ1) is 14.6. The van der Waals surface area contributed by atoms with E-state index in [2.05, 4.69) is 0 Å². The summed E-state index contributed by atoms with van der Waals surface area (Å²) in [7, 11) is -2.57. The van der Waals surface area contributed by atoms with Gasteiger partial charge in [-0.1, -0.05) is 23.2 Å². The predicted molar refractivity (Wildman–Crippen MR) is 72.9 cm³/mol. The van der Waals surface area contributed by atoms with Gasteiger partial charge in [-0.3, -0.25) is 9.71 Å². The van der Waals surface area contributed by atoms with Crippen LogP contribution in [0.3, 0.4) is 0 Å². The van der Waals surface area contributed by atoms with Crippen LogP contribution in [0.4, 0.5) is 4.39 Å². The lowest BCUT2D eigenvalue weighted by Crippen LogP contribution is -2.43. The summed E-state index contributed by atoms with van der Waals surface area (Å²) in [4.78, 5) is 0.990. The molecular formula is C9H8Cl2FN3O2S2. The average molecular weight is 344 g/mol. The van der Waals surface area contributed by atoms with Gasteiger partial charge in [-0.05, 0) is 6.07 Å². The molecule has 1 aliphatic heterocycles. The number of rotatable bonds is 2. The SMILES string of the molecule is CN1CN(S(=O)(=O)c2cc(Cl)sc2Cl)C=C(F)C1=N. The highest BCUT2D eigenvalue weighted by Gasteiger charge is 2.32. The molecular weight excluding hydrogens is 336 g/mol. The minimum atomic E-state index is -3.99. The molecule has 5 nitrogen and oxygen atoms in total. The van der Waals surface area contributed by atoms with E-state index in [1.165, 1.54) is 13.1 Å². The molecule has 0 radical (unpaired) electrons. The molecule has 0 aromatic carbocycles. The van der Waals surface area contributed by atoms with Crippen LogP contribution in [0.1, 0.15) is 0 Å². The number of halogens is 3. The van der Waals surface area contributed by atoms with E-state index in [1.54, 1.807) is 0 Å². The Morgan fingerprint density at radius 1 is 1.47 bits per heavy atom. The standard InChI is InChI=1S/C9H8Cl2FN3O2S2/c1-14-4-15(3-5(12)9(14)13)19(16,17)6-2-7(10)18-8(6)11/h2-3,13H,4H2,1H3. The Balaban J connectivity index is 2.47. The third-order valence-corrected chi connectivity index (χ3v) is 5.87. The van der Waals surface area contributed by atoms with Gasteiger partial charge in [-0.2, -0.15) is 0 Å². The summed E-state index contributed by atoms with van der Waals surface area (Å²) in [6.07, 6.45) is 0.763. The first-order valence-electron chi connectivity index (χ1n) is 4.87. The van der Waals surface area contributed by atoms with Crippen molar-refractivity contribution in [1.29, 1.82) is 5.41 Å². The van der Waals surface area contributed by atoms with Crippen LogP contribution >= 0.6 is 34.5 Å². The third-order valence-electron chi connectivity index (χ3n) is 2.43. The van der Waals surface area contributed by atoms with Gasteiger partial charge in [0.1, 0.15) is 15.9 Å². The molecule has 1 aliphatic rings. The van der Waals surface area contributed by atoms with Gasteiger partial charge >= 0.3 is 0 Å².